The quantitative estimate of drug-likeness (QED) is 0.638. The summed E-state index contributed by atoms with van der Waals surface area (Å²) in [5.74, 6) is 0.0642. The van der Waals surface area contributed by atoms with Gasteiger partial charge in [0.15, 0.2) is 0 Å². The van der Waals surface area contributed by atoms with E-state index in [0.29, 0.717) is 23.7 Å². The lowest BCUT2D eigenvalue weighted by molar-refractivity contribution is 0.0600. The highest BCUT2D eigenvalue weighted by Gasteiger charge is 2.22. The van der Waals surface area contributed by atoms with Crippen molar-refractivity contribution in [1.82, 2.24) is 9.78 Å². The van der Waals surface area contributed by atoms with Crippen molar-refractivity contribution in [2.75, 3.05) is 13.0 Å². The summed E-state index contributed by atoms with van der Waals surface area (Å²) in [5, 5.41) is 4.47. The third kappa shape index (κ3) is 2.63. The van der Waals surface area contributed by atoms with E-state index < -0.39 is 0 Å². The molecule has 5 heteroatoms. The number of methoxy groups -OCH3 is 1. The topological polar surface area (TPSA) is 44.1 Å². The number of alkyl halides is 1. The molecule has 0 N–H and O–H groups in total. The van der Waals surface area contributed by atoms with E-state index in [-0.39, 0.29) is 5.97 Å². The number of benzene rings is 1. The zero-order chi connectivity index (χ0) is 13.8. The molecule has 0 radical (unpaired) electrons. The molecule has 4 nitrogen and oxygen atoms in total. The van der Waals surface area contributed by atoms with Crippen molar-refractivity contribution < 1.29 is 9.53 Å². The Morgan fingerprint density at radius 3 is 2.63 bits per heavy atom. The van der Waals surface area contributed by atoms with Crippen LogP contribution in [0.5, 0.6) is 0 Å². The van der Waals surface area contributed by atoms with Gasteiger partial charge in [-0.1, -0.05) is 30.3 Å². The van der Waals surface area contributed by atoms with Crippen molar-refractivity contribution in [2.45, 2.75) is 13.5 Å². The van der Waals surface area contributed by atoms with E-state index in [0.717, 1.165) is 11.3 Å². The molecule has 2 aromatic rings. The predicted molar refractivity (Wildman–Crippen MR) is 74.5 cm³/mol. The number of carbonyl (C=O) groups is 1. The molecule has 0 spiro atoms. The largest absolute Gasteiger partial charge is 0.465 e. The molecule has 0 saturated carbocycles. The van der Waals surface area contributed by atoms with Gasteiger partial charge in [0.2, 0.25) is 0 Å². The lowest BCUT2D eigenvalue weighted by atomic mass is 10.1. The maximum atomic E-state index is 11.9. The van der Waals surface area contributed by atoms with Crippen LogP contribution < -0.4 is 0 Å². The monoisotopic (exact) mass is 278 g/mol. The van der Waals surface area contributed by atoms with E-state index in [1.807, 2.05) is 37.3 Å². The fourth-order valence-corrected chi connectivity index (χ4v) is 2.15. The van der Waals surface area contributed by atoms with Crippen LogP contribution in [-0.4, -0.2) is 28.7 Å². The van der Waals surface area contributed by atoms with Gasteiger partial charge in [-0.2, -0.15) is 5.10 Å². The van der Waals surface area contributed by atoms with Gasteiger partial charge in [0.1, 0.15) is 11.3 Å². The highest BCUT2D eigenvalue weighted by Crippen LogP contribution is 2.25. The highest BCUT2D eigenvalue weighted by atomic mass is 35.5. The molecule has 0 aliphatic heterocycles. The smallest absolute Gasteiger partial charge is 0.342 e. The molecule has 0 unspecified atom stereocenters. The van der Waals surface area contributed by atoms with Gasteiger partial charge in [-0.15, -0.1) is 11.6 Å². The van der Waals surface area contributed by atoms with Crippen LogP contribution in [0.4, 0.5) is 0 Å². The van der Waals surface area contributed by atoms with E-state index in [1.165, 1.54) is 7.11 Å². The van der Waals surface area contributed by atoms with Crippen LogP contribution in [-0.2, 0) is 11.3 Å². The normalized spacial score (nSPS) is 10.5. The molecule has 0 amide bonds. The molecule has 0 bridgehead atoms. The fourth-order valence-electron chi connectivity index (χ4n) is 1.99. The Labute approximate surface area is 116 Å². The molecule has 2 rings (SSSR count). The lowest BCUT2D eigenvalue weighted by Gasteiger charge is -2.02. The average molecular weight is 279 g/mol. The zero-order valence-electron chi connectivity index (χ0n) is 10.9. The third-order valence-electron chi connectivity index (χ3n) is 2.94. The number of hydrogen-bond donors (Lipinski definition) is 0. The van der Waals surface area contributed by atoms with Crippen LogP contribution in [0.25, 0.3) is 11.3 Å². The molecular formula is C14H15ClN2O2. The first-order valence-electron chi connectivity index (χ1n) is 5.96. The van der Waals surface area contributed by atoms with E-state index in [1.54, 1.807) is 4.68 Å². The number of carbonyl (C=O) groups excluding carboxylic acids is 1. The predicted octanol–water partition coefficient (Wildman–Crippen LogP) is 2.88. The minimum absolute atomic E-state index is 0.378. The molecule has 1 aromatic carbocycles. The van der Waals surface area contributed by atoms with Crippen LogP contribution in [0.15, 0.2) is 30.3 Å². The minimum Gasteiger partial charge on any atom is -0.465 e. The summed E-state index contributed by atoms with van der Waals surface area (Å²) < 4.78 is 6.58. The van der Waals surface area contributed by atoms with Crippen LogP contribution in [0.3, 0.4) is 0 Å². The van der Waals surface area contributed by atoms with Gasteiger partial charge in [0, 0.05) is 11.4 Å². The standard InChI is InChI=1S/C14H15ClN2O2/c1-10-12(14(18)19-2)13(16-17(10)9-8-15)11-6-4-3-5-7-11/h3-7H,8-9H2,1-2H3. The van der Waals surface area contributed by atoms with Crippen molar-refractivity contribution in [3.8, 4) is 11.3 Å². The van der Waals surface area contributed by atoms with E-state index in [4.69, 9.17) is 16.3 Å². The van der Waals surface area contributed by atoms with Gasteiger partial charge in [-0.05, 0) is 6.92 Å². The Bertz CT molecular complexity index is 579. The number of nitrogens with zero attached hydrogens (tertiary/aromatic N) is 2. The van der Waals surface area contributed by atoms with Crippen molar-refractivity contribution in [2.24, 2.45) is 0 Å². The van der Waals surface area contributed by atoms with Crippen LogP contribution >= 0.6 is 11.6 Å². The number of aryl methyl sites for hydroxylation is 1. The molecule has 0 aliphatic rings. The molecule has 1 aromatic heterocycles. The number of halogens is 1. The minimum atomic E-state index is -0.378. The Morgan fingerprint density at radius 1 is 1.37 bits per heavy atom. The van der Waals surface area contributed by atoms with Gasteiger partial charge in [0.25, 0.3) is 0 Å². The molecular weight excluding hydrogens is 264 g/mol. The second kappa shape index (κ2) is 5.89. The summed E-state index contributed by atoms with van der Waals surface area (Å²) in [4.78, 5) is 11.9. The van der Waals surface area contributed by atoms with Gasteiger partial charge in [-0.25, -0.2) is 4.79 Å². The summed E-state index contributed by atoms with van der Waals surface area (Å²) in [6.07, 6.45) is 0. The maximum absolute atomic E-state index is 11.9. The lowest BCUT2D eigenvalue weighted by Crippen LogP contribution is -2.07. The van der Waals surface area contributed by atoms with Crippen molar-refractivity contribution >= 4 is 17.6 Å². The SMILES string of the molecule is COC(=O)c1c(-c2ccccc2)nn(CCCl)c1C. The maximum Gasteiger partial charge on any atom is 0.342 e. The van der Waals surface area contributed by atoms with E-state index >= 15 is 0 Å². The number of aromatic nitrogens is 2. The van der Waals surface area contributed by atoms with Crippen LogP contribution in [0, 0.1) is 6.92 Å². The Balaban J connectivity index is 2.59. The molecule has 1 heterocycles. The summed E-state index contributed by atoms with van der Waals surface area (Å²) in [5.41, 5.74) is 2.79. The van der Waals surface area contributed by atoms with Crippen LogP contribution in [0.2, 0.25) is 0 Å². The fraction of sp³-hybridized carbons (Fsp3) is 0.286. The second-order valence-corrected chi connectivity index (χ2v) is 4.46. The summed E-state index contributed by atoms with van der Waals surface area (Å²) in [7, 11) is 1.37. The average Bonchev–Trinajstić information content (AvgIpc) is 2.77. The van der Waals surface area contributed by atoms with E-state index in [2.05, 4.69) is 5.10 Å². The molecule has 0 saturated heterocycles. The van der Waals surface area contributed by atoms with Crippen molar-refractivity contribution in [3.63, 3.8) is 0 Å². The van der Waals surface area contributed by atoms with Crippen molar-refractivity contribution in [3.05, 3.63) is 41.6 Å². The first kappa shape index (κ1) is 13.6. The summed E-state index contributed by atoms with van der Waals surface area (Å²) in [6.45, 7) is 2.41. The van der Waals surface area contributed by atoms with Gasteiger partial charge < -0.3 is 4.74 Å². The third-order valence-corrected chi connectivity index (χ3v) is 3.11. The molecule has 100 valence electrons. The number of hydrogen-bond acceptors (Lipinski definition) is 3. The summed E-state index contributed by atoms with van der Waals surface area (Å²) in [6, 6.07) is 9.57. The highest BCUT2D eigenvalue weighted by molar-refractivity contribution is 6.17. The van der Waals surface area contributed by atoms with Gasteiger partial charge in [-0.3, -0.25) is 4.68 Å². The first-order chi connectivity index (χ1) is 9.19. The number of ether oxygens (including phenoxy) is 1. The Hall–Kier alpha value is -1.81. The molecule has 0 aliphatic carbocycles. The Morgan fingerprint density at radius 2 is 2.05 bits per heavy atom. The zero-order valence-corrected chi connectivity index (χ0v) is 11.6. The number of esters is 1. The van der Waals surface area contributed by atoms with Crippen LogP contribution in [0.1, 0.15) is 16.1 Å². The van der Waals surface area contributed by atoms with Gasteiger partial charge >= 0.3 is 5.97 Å². The number of rotatable bonds is 4. The molecule has 0 fully saturated rings. The summed E-state index contributed by atoms with van der Waals surface area (Å²) >= 11 is 5.75. The second-order valence-electron chi connectivity index (χ2n) is 4.08. The van der Waals surface area contributed by atoms with Gasteiger partial charge in [0.05, 0.1) is 19.3 Å². The van der Waals surface area contributed by atoms with Crippen molar-refractivity contribution in [1.29, 1.82) is 0 Å². The molecule has 0 atom stereocenters. The van der Waals surface area contributed by atoms with E-state index in [9.17, 15) is 4.79 Å². The molecule has 19 heavy (non-hydrogen) atoms. The first-order valence-corrected chi connectivity index (χ1v) is 6.49. The Kier molecular flexibility index (Phi) is 4.22.